The molecule has 0 atom stereocenters. The highest BCUT2D eigenvalue weighted by Crippen LogP contribution is 2.30. The number of para-hydroxylation sites is 1. The van der Waals surface area contributed by atoms with Crippen molar-refractivity contribution in [1.29, 1.82) is 0 Å². The molecule has 0 aliphatic carbocycles. The first-order valence-corrected chi connectivity index (χ1v) is 7.27. The van der Waals surface area contributed by atoms with Crippen LogP contribution in [0.15, 0.2) is 28.7 Å². The first kappa shape index (κ1) is 15.7. The maximum Gasteiger partial charge on any atom is 0.417 e. The van der Waals surface area contributed by atoms with Gasteiger partial charge in [-0.25, -0.2) is 9.69 Å². The molecule has 0 aliphatic rings. The van der Waals surface area contributed by atoms with Crippen LogP contribution in [0.2, 0.25) is 0 Å². The highest BCUT2D eigenvalue weighted by atomic mass is 79.9. The first-order valence-electron chi connectivity index (χ1n) is 5.40. The lowest BCUT2D eigenvalue weighted by Crippen LogP contribution is -2.44. The van der Waals surface area contributed by atoms with Gasteiger partial charge in [-0.3, -0.25) is 0 Å². The van der Waals surface area contributed by atoms with Crippen molar-refractivity contribution in [3.8, 4) is 0 Å². The molecule has 0 heterocycles. The standard InChI is InChI=1S/C12H14BrNO4S/c1-12(2,3)10(19(17)18)14(11(15)16)9-7-5-4-6-8(9)13/h4-7H,1-3H3,(H,15,16). The van der Waals surface area contributed by atoms with Crippen LogP contribution in [0, 0.1) is 5.41 Å². The van der Waals surface area contributed by atoms with Crippen molar-refractivity contribution in [3.63, 3.8) is 0 Å². The molecule has 19 heavy (non-hydrogen) atoms. The van der Waals surface area contributed by atoms with E-state index in [1.807, 2.05) is 0 Å². The largest absolute Gasteiger partial charge is 0.464 e. The Hall–Kier alpha value is -1.34. The number of halogens is 1. The number of hydrogen-bond acceptors (Lipinski definition) is 3. The molecule has 0 bridgehead atoms. The molecule has 0 radical (unpaired) electrons. The molecule has 0 aromatic heterocycles. The summed E-state index contributed by atoms with van der Waals surface area (Å²) in [6.07, 6.45) is -1.35. The Labute approximate surface area is 121 Å². The van der Waals surface area contributed by atoms with Crippen molar-refractivity contribution in [2.45, 2.75) is 20.8 Å². The van der Waals surface area contributed by atoms with Gasteiger partial charge in [0.25, 0.3) is 0 Å². The van der Waals surface area contributed by atoms with E-state index in [1.54, 1.807) is 39.0 Å². The van der Waals surface area contributed by atoms with Gasteiger partial charge in [-0.15, -0.1) is 0 Å². The fourth-order valence-corrected chi connectivity index (χ4v) is 2.88. The molecule has 1 aromatic rings. The third kappa shape index (κ3) is 3.57. The molecule has 7 heteroatoms. The minimum absolute atomic E-state index is 0.202. The molecule has 0 unspecified atom stereocenters. The summed E-state index contributed by atoms with van der Waals surface area (Å²) < 4.78 is 23.3. The minimum Gasteiger partial charge on any atom is -0.464 e. The Morgan fingerprint density at radius 3 is 2.16 bits per heavy atom. The topological polar surface area (TPSA) is 74.7 Å². The van der Waals surface area contributed by atoms with E-state index >= 15 is 0 Å². The number of benzene rings is 1. The lowest BCUT2D eigenvalue weighted by Gasteiger charge is -2.28. The van der Waals surface area contributed by atoms with E-state index in [-0.39, 0.29) is 10.7 Å². The predicted molar refractivity (Wildman–Crippen MR) is 78.0 cm³/mol. The van der Waals surface area contributed by atoms with Crippen LogP contribution in [0.5, 0.6) is 0 Å². The molecule has 0 fully saturated rings. The van der Waals surface area contributed by atoms with Crippen LogP contribution in [0.1, 0.15) is 20.8 Å². The summed E-state index contributed by atoms with van der Waals surface area (Å²) in [5, 5.41) is 9.34. The summed E-state index contributed by atoms with van der Waals surface area (Å²) in [6.45, 7) is 4.93. The Bertz CT molecular complexity index is 623. The smallest absolute Gasteiger partial charge is 0.417 e. The average molecular weight is 348 g/mol. The Morgan fingerprint density at radius 1 is 1.26 bits per heavy atom. The molecule has 104 valence electrons. The maximum atomic E-state index is 11.5. The van der Waals surface area contributed by atoms with Crippen LogP contribution in [-0.4, -0.2) is 24.6 Å². The van der Waals surface area contributed by atoms with Crippen molar-refractivity contribution in [3.05, 3.63) is 28.7 Å². The summed E-state index contributed by atoms with van der Waals surface area (Å²) in [4.78, 5) is 12.0. The molecule has 0 spiro atoms. The fraction of sp³-hybridized carbons (Fsp3) is 0.333. The zero-order valence-electron chi connectivity index (χ0n) is 10.7. The number of hydrogen-bond donors (Lipinski definition) is 1. The molecule has 1 aromatic carbocycles. The van der Waals surface area contributed by atoms with Crippen LogP contribution < -0.4 is 4.90 Å². The Morgan fingerprint density at radius 2 is 1.79 bits per heavy atom. The molecule has 5 nitrogen and oxygen atoms in total. The van der Waals surface area contributed by atoms with E-state index in [9.17, 15) is 18.3 Å². The van der Waals surface area contributed by atoms with Gasteiger partial charge in [0.05, 0.1) is 5.69 Å². The van der Waals surface area contributed by atoms with Crippen LogP contribution in [0.25, 0.3) is 0 Å². The SMILES string of the molecule is CC(C)(C)C(N(C(=O)O)c1ccccc1Br)=S(=O)=O. The number of anilines is 1. The van der Waals surface area contributed by atoms with Crippen LogP contribution in [0.3, 0.4) is 0 Å². The molecule has 1 rings (SSSR count). The second kappa shape index (κ2) is 5.75. The zero-order valence-corrected chi connectivity index (χ0v) is 13.1. The van der Waals surface area contributed by atoms with Gasteiger partial charge in [0.2, 0.25) is 10.3 Å². The van der Waals surface area contributed by atoms with Gasteiger partial charge in [0.15, 0.2) is 4.99 Å². The zero-order chi connectivity index (χ0) is 14.8. The molecule has 0 aliphatic heterocycles. The van der Waals surface area contributed by atoms with Gasteiger partial charge in [-0.2, -0.15) is 8.42 Å². The van der Waals surface area contributed by atoms with Crippen molar-refractivity contribution in [2.24, 2.45) is 5.41 Å². The summed E-state index contributed by atoms with van der Waals surface area (Å²) in [5.74, 6) is 0. The quantitative estimate of drug-likeness (QED) is 0.792. The monoisotopic (exact) mass is 347 g/mol. The minimum atomic E-state index is -2.64. The lowest BCUT2D eigenvalue weighted by molar-refractivity contribution is 0.205. The number of carbonyl (C=O) groups is 1. The van der Waals surface area contributed by atoms with Crippen LogP contribution in [-0.2, 0) is 10.3 Å². The number of rotatable bonds is 1. The second-order valence-electron chi connectivity index (χ2n) is 4.86. The van der Waals surface area contributed by atoms with Gasteiger partial charge in [-0.1, -0.05) is 32.9 Å². The normalized spacial score (nSPS) is 10.9. The van der Waals surface area contributed by atoms with E-state index in [2.05, 4.69) is 15.9 Å². The third-order valence-corrected chi connectivity index (χ3v) is 4.07. The predicted octanol–water partition coefficient (Wildman–Crippen LogP) is 2.99. The van der Waals surface area contributed by atoms with Crippen LogP contribution in [0.4, 0.5) is 10.5 Å². The summed E-state index contributed by atoms with van der Waals surface area (Å²) in [6, 6.07) is 6.55. The van der Waals surface area contributed by atoms with Gasteiger partial charge in [0.1, 0.15) is 0 Å². The maximum absolute atomic E-state index is 11.5. The van der Waals surface area contributed by atoms with E-state index in [4.69, 9.17) is 0 Å². The highest BCUT2D eigenvalue weighted by Gasteiger charge is 2.32. The molecular formula is C12H14BrNO4S. The molecule has 0 saturated heterocycles. The number of nitrogens with zero attached hydrogens (tertiary/aromatic N) is 1. The van der Waals surface area contributed by atoms with Crippen LogP contribution >= 0.6 is 15.9 Å². The van der Waals surface area contributed by atoms with E-state index in [0.717, 1.165) is 4.90 Å². The third-order valence-electron chi connectivity index (χ3n) is 2.29. The first-order chi connectivity index (χ1) is 8.66. The van der Waals surface area contributed by atoms with Gasteiger partial charge < -0.3 is 5.11 Å². The Kier molecular flexibility index (Phi) is 4.75. The number of amides is 1. The molecule has 1 amide bonds. The number of carboxylic acid groups (broad SMARTS) is 1. The summed E-state index contributed by atoms with van der Waals surface area (Å²) in [5.41, 5.74) is -0.565. The van der Waals surface area contributed by atoms with Gasteiger partial charge in [0, 0.05) is 9.89 Å². The summed E-state index contributed by atoms with van der Waals surface area (Å²) in [7, 11) is -2.64. The lowest BCUT2D eigenvalue weighted by atomic mass is 9.95. The van der Waals surface area contributed by atoms with Crippen molar-refractivity contribution in [1.82, 2.24) is 0 Å². The van der Waals surface area contributed by atoms with E-state index < -0.39 is 21.8 Å². The highest BCUT2D eigenvalue weighted by molar-refractivity contribution is 9.10. The van der Waals surface area contributed by atoms with E-state index in [1.165, 1.54) is 6.07 Å². The summed E-state index contributed by atoms with van der Waals surface area (Å²) >= 11 is 3.23. The Balaban J connectivity index is 3.60. The van der Waals surface area contributed by atoms with Gasteiger partial charge in [-0.05, 0) is 28.1 Å². The fourth-order valence-electron chi connectivity index (χ4n) is 1.59. The molecular weight excluding hydrogens is 334 g/mol. The van der Waals surface area contributed by atoms with Gasteiger partial charge >= 0.3 is 6.09 Å². The van der Waals surface area contributed by atoms with Crippen molar-refractivity contribution < 1.29 is 18.3 Å². The second-order valence-corrected chi connectivity index (χ2v) is 6.57. The average Bonchev–Trinajstić information content (AvgIpc) is 2.24. The van der Waals surface area contributed by atoms with Crippen molar-refractivity contribution >= 4 is 43.0 Å². The van der Waals surface area contributed by atoms with Crippen molar-refractivity contribution in [2.75, 3.05) is 4.90 Å². The van der Waals surface area contributed by atoms with E-state index in [0.29, 0.717) is 4.47 Å². The molecule has 1 N–H and O–H groups in total. The molecule has 0 saturated carbocycles.